The summed E-state index contributed by atoms with van der Waals surface area (Å²) in [5.41, 5.74) is 1.91. The number of thiophene rings is 1. The number of nitrogens with zero attached hydrogens (tertiary/aromatic N) is 1. The number of hydrogen-bond donors (Lipinski definition) is 1. The van der Waals surface area contributed by atoms with Crippen LogP contribution >= 0.6 is 11.3 Å². The number of carbonyl (C=O) groups is 1. The molecule has 2 aromatic rings. The van der Waals surface area contributed by atoms with Gasteiger partial charge in [-0.1, -0.05) is 6.92 Å². The van der Waals surface area contributed by atoms with Gasteiger partial charge in [-0.2, -0.15) is 0 Å². The zero-order chi connectivity index (χ0) is 19.2. The van der Waals surface area contributed by atoms with Crippen molar-refractivity contribution >= 4 is 17.3 Å². The minimum Gasteiger partial charge on any atom is -0.491 e. The van der Waals surface area contributed by atoms with E-state index in [-0.39, 0.29) is 12.6 Å². The second kappa shape index (κ2) is 9.35. The van der Waals surface area contributed by atoms with Gasteiger partial charge in [-0.05, 0) is 61.0 Å². The van der Waals surface area contributed by atoms with Crippen LogP contribution in [0.2, 0.25) is 0 Å². The Balaban J connectivity index is 1.51. The van der Waals surface area contributed by atoms with Crippen LogP contribution in [0.3, 0.4) is 0 Å². The summed E-state index contributed by atoms with van der Waals surface area (Å²) in [5, 5.41) is 12.6. The second-order valence-electron chi connectivity index (χ2n) is 6.68. The van der Waals surface area contributed by atoms with Crippen molar-refractivity contribution in [1.29, 1.82) is 0 Å². The number of ether oxygens (including phenoxy) is 2. The summed E-state index contributed by atoms with van der Waals surface area (Å²) < 4.78 is 10.7. The Kier molecular flexibility index (Phi) is 6.88. The number of fused-ring (bicyclic) bond motifs is 1. The molecule has 0 radical (unpaired) electrons. The molecule has 1 N–H and O–H groups in total. The Morgan fingerprint density at radius 2 is 2.07 bits per heavy atom. The normalized spacial score (nSPS) is 18.0. The monoisotopic (exact) mass is 389 g/mol. The van der Waals surface area contributed by atoms with Crippen molar-refractivity contribution in [2.75, 3.05) is 26.3 Å². The van der Waals surface area contributed by atoms with E-state index in [0.29, 0.717) is 30.5 Å². The molecule has 0 spiro atoms. The molecule has 0 saturated heterocycles. The number of esters is 1. The topological polar surface area (TPSA) is 59.0 Å². The smallest absolute Gasteiger partial charge is 0.338 e. The quantitative estimate of drug-likeness (QED) is 0.698. The second-order valence-corrected chi connectivity index (χ2v) is 7.68. The molecule has 6 heteroatoms. The first-order chi connectivity index (χ1) is 13.1. The average Bonchev–Trinajstić information content (AvgIpc) is 3.15. The van der Waals surface area contributed by atoms with Crippen LogP contribution in [0.15, 0.2) is 35.7 Å². The Bertz CT molecular complexity index is 743. The Labute approximate surface area is 164 Å². The number of benzene rings is 1. The molecule has 0 unspecified atom stereocenters. The first-order valence-corrected chi connectivity index (χ1v) is 10.4. The van der Waals surface area contributed by atoms with Crippen LogP contribution in [0.25, 0.3) is 0 Å². The molecule has 2 atom stereocenters. The molecule has 0 bridgehead atoms. The zero-order valence-electron chi connectivity index (χ0n) is 15.9. The van der Waals surface area contributed by atoms with Crippen LogP contribution in [0.1, 0.15) is 47.1 Å². The first-order valence-electron chi connectivity index (χ1n) is 9.50. The predicted octanol–water partition coefficient (Wildman–Crippen LogP) is 3.67. The maximum absolute atomic E-state index is 11.7. The maximum atomic E-state index is 11.7. The largest absolute Gasteiger partial charge is 0.491 e. The van der Waals surface area contributed by atoms with Gasteiger partial charge in [0.2, 0.25) is 0 Å². The Hall–Kier alpha value is -1.89. The summed E-state index contributed by atoms with van der Waals surface area (Å²) in [5.74, 6) is 0.292. The fraction of sp³-hybridized carbons (Fsp3) is 0.476. The third-order valence-electron chi connectivity index (χ3n) is 4.85. The van der Waals surface area contributed by atoms with Crippen LogP contribution in [0, 0.1) is 0 Å². The Morgan fingerprint density at radius 3 is 2.78 bits per heavy atom. The van der Waals surface area contributed by atoms with Crippen LogP contribution < -0.4 is 4.74 Å². The lowest BCUT2D eigenvalue weighted by Gasteiger charge is -2.36. The van der Waals surface area contributed by atoms with Gasteiger partial charge in [-0.15, -0.1) is 11.3 Å². The van der Waals surface area contributed by atoms with Gasteiger partial charge in [0.05, 0.1) is 12.2 Å². The molecule has 3 rings (SSSR count). The molecule has 1 aromatic carbocycles. The number of aliphatic hydroxyl groups excluding tert-OH is 1. The summed E-state index contributed by atoms with van der Waals surface area (Å²) in [6, 6.07) is 9.40. The molecule has 1 aromatic heterocycles. The number of β-amino-alcohol motifs (C(OH)–C–C–N with tert-alkyl or cyclic N) is 1. The molecule has 2 heterocycles. The lowest BCUT2D eigenvalue weighted by Crippen LogP contribution is -2.41. The zero-order valence-corrected chi connectivity index (χ0v) is 16.7. The lowest BCUT2D eigenvalue weighted by molar-refractivity contribution is 0.0477. The summed E-state index contributed by atoms with van der Waals surface area (Å²) >= 11 is 1.83. The highest BCUT2D eigenvalue weighted by atomic mass is 32.1. The molecule has 1 aliphatic rings. The van der Waals surface area contributed by atoms with Crippen molar-refractivity contribution in [1.82, 2.24) is 4.90 Å². The van der Waals surface area contributed by atoms with E-state index in [0.717, 1.165) is 19.4 Å². The van der Waals surface area contributed by atoms with Crippen LogP contribution in [0.4, 0.5) is 0 Å². The van der Waals surface area contributed by atoms with E-state index in [1.165, 1.54) is 10.4 Å². The third-order valence-corrected chi connectivity index (χ3v) is 5.84. The van der Waals surface area contributed by atoms with Crippen molar-refractivity contribution in [2.24, 2.45) is 0 Å². The number of hydrogen-bond acceptors (Lipinski definition) is 6. The van der Waals surface area contributed by atoms with E-state index in [1.807, 2.05) is 11.3 Å². The molecule has 5 nitrogen and oxygen atoms in total. The van der Waals surface area contributed by atoms with Gasteiger partial charge >= 0.3 is 5.97 Å². The molecule has 0 aliphatic carbocycles. The summed E-state index contributed by atoms with van der Waals surface area (Å²) in [7, 11) is 0. The van der Waals surface area contributed by atoms with Gasteiger partial charge in [0.15, 0.2) is 0 Å². The van der Waals surface area contributed by atoms with Gasteiger partial charge in [-0.25, -0.2) is 4.79 Å². The van der Waals surface area contributed by atoms with Crippen LogP contribution in [-0.2, 0) is 11.2 Å². The molecule has 0 fully saturated rings. The predicted molar refractivity (Wildman–Crippen MR) is 107 cm³/mol. The number of carbonyl (C=O) groups excluding carboxylic acids is 1. The van der Waals surface area contributed by atoms with Crippen LogP contribution in [-0.4, -0.2) is 48.4 Å². The van der Waals surface area contributed by atoms with Gasteiger partial charge in [-0.3, -0.25) is 4.90 Å². The number of rotatable bonds is 8. The van der Waals surface area contributed by atoms with Gasteiger partial charge in [0.1, 0.15) is 18.5 Å². The fourth-order valence-electron chi connectivity index (χ4n) is 3.56. The highest BCUT2D eigenvalue weighted by Gasteiger charge is 2.28. The van der Waals surface area contributed by atoms with Crippen molar-refractivity contribution in [3.05, 3.63) is 51.7 Å². The lowest BCUT2D eigenvalue weighted by atomic mass is 9.97. The highest BCUT2D eigenvalue weighted by Crippen LogP contribution is 2.35. The summed E-state index contributed by atoms with van der Waals surface area (Å²) in [6.07, 6.45) is 1.52. The van der Waals surface area contributed by atoms with Crippen molar-refractivity contribution in [2.45, 2.75) is 38.8 Å². The molecule has 1 aliphatic heterocycles. The van der Waals surface area contributed by atoms with E-state index < -0.39 is 6.10 Å². The molecular weight excluding hydrogens is 362 g/mol. The SMILES string of the molecule is CCOC(=O)c1ccc(OC[C@H](O)CN2CCc3sccc3[C@H]2CC)cc1. The van der Waals surface area contributed by atoms with Crippen molar-refractivity contribution in [3.8, 4) is 5.75 Å². The standard InChI is InChI=1S/C21H27NO4S/c1-3-19-18-10-12-27-20(18)9-11-22(19)13-16(23)14-26-17-7-5-15(6-8-17)21(24)25-4-2/h5-8,10,12,16,19,23H,3-4,9,11,13-14H2,1-2H3/t16-,19-/m1/s1. The van der Waals surface area contributed by atoms with E-state index in [9.17, 15) is 9.90 Å². The van der Waals surface area contributed by atoms with Crippen molar-refractivity contribution < 1.29 is 19.4 Å². The fourth-order valence-corrected chi connectivity index (χ4v) is 4.49. The van der Waals surface area contributed by atoms with E-state index in [2.05, 4.69) is 23.3 Å². The summed E-state index contributed by atoms with van der Waals surface area (Å²) in [6.45, 7) is 6.11. The molecule has 146 valence electrons. The first kappa shape index (κ1) is 19.9. The molecule has 27 heavy (non-hydrogen) atoms. The number of aliphatic hydroxyl groups is 1. The van der Waals surface area contributed by atoms with Gasteiger partial charge < -0.3 is 14.6 Å². The van der Waals surface area contributed by atoms with E-state index in [1.54, 1.807) is 31.2 Å². The van der Waals surface area contributed by atoms with E-state index in [4.69, 9.17) is 9.47 Å². The highest BCUT2D eigenvalue weighted by molar-refractivity contribution is 7.10. The minimum atomic E-state index is -0.566. The van der Waals surface area contributed by atoms with E-state index >= 15 is 0 Å². The van der Waals surface area contributed by atoms with Crippen LogP contribution in [0.5, 0.6) is 5.75 Å². The molecule has 0 amide bonds. The Morgan fingerprint density at radius 1 is 1.30 bits per heavy atom. The minimum absolute atomic E-state index is 0.224. The molecule has 0 saturated carbocycles. The summed E-state index contributed by atoms with van der Waals surface area (Å²) in [4.78, 5) is 15.5. The van der Waals surface area contributed by atoms with Crippen molar-refractivity contribution in [3.63, 3.8) is 0 Å². The maximum Gasteiger partial charge on any atom is 0.338 e. The van der Waals surface area contributed by atoms with Gasteiger partial charge in [0.25, 0.3) is 0 Å². The average molecular weight is 390 g/mol. The van der Waals surface area contributed by atoms with Gasteiger partial charge in [0, 0.05) is 24.0 Å². The molecular formula is C21H27NO4S. The third kappa shape index (κ3) is 4.89.